The number of nitrogens with zero attached hydrogens (tertiary/aromatic N) is 1. The zero-order valence-electron chi connectivity index (χ0n) is 13.0. The molecule has 0 saturated carbocycles. The molecule has 24 heavy (non-hydrogen) atoms. The molecule has 1 aromatic heterocycles. The number of carbonyl (C=O) groups is 1. The van der Waals surface area contributed by atoms with E-state index in [0.29, 0.717) is 28.7 Å². The molecule has 1 aliphatic rings. The molecule has 2 heterocycles. The highest BCUT2D eigenvalue weighted by atomic mass is 35.5. The van der Waals surface area contributed by atoms with Gasteiger partial charge in [-0.3, -0.25) is 0 Å². The molecule has 126 valence electrons. The number of fused-ring (bicyclic) bond motifs is 1. The van der Waals surface area contributed by atoms with E-state index in [1.54, 1.807) is 18.2 Å². The average molecular weight is 365 g/mol. The summed E-state index contributed by atoms with van der Waals surface area (Å²) in [5.41, 5.74) is 2.69. The van der Waals surface area contributed by atoms with E-state index in [0.717, 1.165) is 30.9 Å². The van der Waals surface area contributed by atoms with Crippen LogP contribution in [0.3, 0.4) is 0 Å². The first-order valence-corrected chi connectivity index (χ1v) is 8.60. The van der Waals surface area contributed by atoms with Crippen LogP contribution >= 0.6 is 23.2 Å². The molecule has 0 saturated heterocycles. The number of aryl methyl sites for hydroxylation is 1. The molecule has 5 nitrogen and oxygen atoms in total. The first kappa shape index (κ1) is 16.9. The van der Waals surface area contributed by atoms with Crippen LogP contribution in [-0.2, 0) is 12.8 Å². The Kier molecular flexibility index (Phi) is 5.43. The van der Waals surface area contributed by atoms with Crippen LogP contribution in [0.1, 0.15) is 17.7 Å². The second-order valence-corrected chi connectivity index (χ2v) is 6.44. The van der Waals surface area contributed by atoms with Gasteiger partial charge in [-0.1, -0.05) is 29.3 Å². The molecular weight excluding hydrogens is 347 g/mol. The van der Waals surface area contributed by atoms with Crippen molar-refractivity contribution in [1.82, 2.24) is 10.3 Å². The van der Waals surface area contributed by atoms with Crippen molar-refractivity contribution in [1.29, 1.82) is 0 Å². The number of pyridine rings is 1. The van der Waals surface area contributed by atoms with Gasteiger partial charge in [0.05, 0.1) is 10.7 Å². The second kappa shape index (κ2) is 7.73. The molecule has 0 aliphatic carbocycles. The maximum Gasteiger partial charge on any atom is 0.319 e. The molecule has 0 radical (unpaired) electrons. The first-order chi connectivity index (χ1) is 11.6. The second-order valence-electron chi connectivity index (χ2n) is 5.60. The standard InChI is InChI=1S/C17H18Cl2N4O/c18-12-4-6-14(19)15(10-12)23-17(24)21-9-7-13-5-3-11-2-1-8-20-16(11)22-13/h3-6,10H,1-2,7-9H2,(H,20,22)(H2,21,23,24). The van der Waals surface area contributed by atoms with Crippen molar-refractivity contribution in [2.45, 2.75) is 19.3 Å². The van der Waals surface area contributed by atoms with Gasteiger partial charge in [-0.25, -0.2) is 9.78 Å². The zero-order valence-corrected chi connectivity index (χ0v) is 14.5. The number of nitrogens with one attached hydrogen (secondary N) is 3. The molecule has 3 N–H and O–H groups in total. The monoisotopic (exact) mass is 364 g/mol. The highest BCUT2D eigenvalue weighted by molar-refractivity contribution is 6.35. The fraction of sp³-hybridized carbons (Fsp3) is 0.294. The summed E-state index contributed by atoms with van der Waals surface area (Å²) < 4.78 is 0. The van der Waals surface area contributed by atoms with Crippen molar-refractivity contribution in [2.24, 2.45) is 0 Å². The van der Waals surface area contributed by atoms with Gasteiger partial charge in [0.2, 0.25) is 0 Å². The summed E-state index contributed by atoms with van der Waals surface area (Å²) in [5, 5.41) is 9.75. The molecule has 7 heteroatoms. The fourth-order valence-electron chi connectivity index (χ4n) is 2.57. The third kappa shape index (κ3) is 4.30. The summed E-state index contributed by atoms with van der Waals surface area (Å²) in [5.74, 6) is 0.967. The Labute approximate surface area is 150 Å². The third-order valence-corrected chi connectivity index (χ3v) is 4.36. The van der Waals surface area contributed by atoms with Gasteiger partial charge in [-0.05, 0) is 42.7 Å². The minimum Gasteiger partial charge on any atom is -0.370 e. The Balaban J connectivity index is 1.51. The molecule has 2 aromatic rings. The fourth-order valence-corrected chi connectivity index (χ4v) is 2.91. The maximum absolute atomic E-state index is 11.9. The van der Waals surface area contributed by atoms with Gasteiger partial charge in [-0.15, -0.1) is 0 Å². The predicted octanol–water partition coefficient (Wildman–Crippen LogP) is 4.11. The molecule has 2 amide bonds. The van der Waals surface area contributed by atoms with Crippen LogP contribution in [-0.4, -0.2) is 24.1 Å². The van der Waals surface area contributed by atoms with Crippen molar-refractivity contribution >= 4 is 40.7 Å². The van der Waals surface area contributed by atoms with Crippen LogP contribution in [0.4, 0.5) is 16.3 Å². The molecule has 0 unspecified atom stereocenters. The molecular formula is C17H18Cl2N4O. The van der Waals surface area contributed by atoms with Crippen molar-refractivity contribution < 1.29 is 4.79 Å². The van der Waals surface area contributed by atoms with Crippen LogP contribution in [0.25, 0.3) is 0 Å². The largest absolute Gasteiger partial charge is 0.370 e. The van der Waals surface area contributed by atoms with Crippen LogP contribution in [0.5, 0.6) is 0 Å². The minimum atomic E-state index is -0.324. The van der Waals surface area contributed by atoms with E-state index in [-0.39, 0.29) is 6.03 Å². The normalized spacial score (nSPS) is 12.9. The Morgan fingerprint density at radius 1 is 1.25 bits per heavy atom. The van der Waals surface area contributed by atoms with E-state index < -0.39 is 0 Å². The first-order valence-electron chi connectivity index (χ1n) is 7.84. The lowest BCUT2D eigenvalue weighted by molar-refractivity contribution is 0.252. The summed E-state index contributed by atoms with van der Waals surface area (Å²) in [4.78, 5) is 16.5. The summed E-state index contributed by atoms with van der Waals surface area (Å²) in [6, 6.07) is 8.72. The van der Waals surface area contributed by atoms with Gasteiger partial charge in [0.25, 0.3) is 0 Å². The number of anilines is 2. The molecule has 0 fully saturated rings. The molecule has 1 aliphatic heterocycles. The Morgan fingerprint density at radius 3 is 3.00 bits per heavy atom. The summed E-state index contributed by atoms with van der Waals surface area (Å²) in [7, 11) is 0. The molecule has 1 aromatic carbocycles. The van der Waals surface area contributed by atoms with Gasteiger partial charge in [0.15, 0.2) is 0 Å². The lowest BCUT2D eigenvalue weighted by Crippen LogP contribution is -2.30. The lowest BCUT2D eigenvalue weighted by Gasteiger charge is -2.17. The number of urea groups is 1. The van der Waals surface area contributed by atoms with Crippen LogP contribution in [0.2, 0.25) is 10.0 Å². The van der Waals surface area contributed by atoms with E-state index in [1.165, 1.54) is 5.56 Å². The number of carbonyl (C=O) groups excluding carboxylic acids is 1. The van der Waals surface area contributed by atoms with Crippen LogP contribution in [0, 0.1) is 0 Å². The Bertz CT molecular complexity index is 751. The summed E-state index contributed by atoms with van der Waals surface area (Å²) >= 11 is 11.9. The average Bonchev–Trinajstić information content (AvgIpc) is 2.58. The van der Waals surface area contributed by atoms with Crippen molar-refractivity contribution in [3.05, 3.63) is 51.6 Å². The van der Waals surface area contributed by atoms with Crippen LogP contribution < -0.4 is 16.0 Å². The van der Waals surface area contributed by atoms with E-state index in [1.807, 2.05) is 6.07 Å². The molecule has 0 spiro atoms. The number of rotatable bonds is 4. The van der Waals surface area contributed by atoms with Gasteiger partial charge < -0.3 is 16.0 Å². The minimum absolute atomic E-state index is 0.324. The van der Waals surface area contributed by atoms with Gasteiger partial charge in [-0.2, -0.15) is 0 Å². The molecule has 0 bridgehead atoms. The van der Waals surface area contributed by atoms with Crippen molar-refractivity contribution in [3.8, 4) is 0 Å². The van der Waals surface area contributed by atoms with E-state index in [4.69, 9.17) is 23.2 Å². The van der Waals surface area contributed by atoms with Crippen LogP contribution in [0.15, 0.2) is 30.3 Å². The van der Waals surface area contributed by atoms with Gasteiger partial charge >= 0.3 is 6.03 Å². The van der Waals surface area contributed by atoms with Crippen molar-refractivity contribution in [2.75, 3.05) is 23.7 Å². The van der Waals surface area contributed by atoms with Crippen molar-refractivity contribution in [3.63, 3.8) is 0 Å². The number of aromatic nitrogens is 1. The van der Waals surface area contributed by atoms with E-state index in [9.17, 15) is 4.79 Å². The van der Waals surface area contributed by atoms with Gasteiger partial charge in [0, 0.05) is 30.2 Å². The number of hydrogen-bond acceptors (Lipinski definition) is 3. The lowest BCUT2D eigenvalue weighted by atomic mass is 10.1. The smallest absolute Gasteiger partial charge is 0.319 e. The topological polar surface area (TPSA) is 66.0 Å². The Morgan fingerprint density at radius 2 is 2.12 bits per heavy atom. The predicted molar refractivity (Wildman–Crippen MR) is 98.2 cm³/mol. The SMILES string of the molecule is O=C(NCCc1ccc2c(n1)NCCC2)Nc1cc(Cl)ccc1Cl. The number of amides is 2. The maximum atomic E-state index is 11.9. The molecule has 3 rings (SSSR count). The van der Waals surface area contributed by atoms with E-state index >= 15 is 0 Å². The highest BCUT2D eigenvalue weighted by Gasteiger charge is 2.10. The third-order valence-electron chi connectivity index (χ3n) is 3.80. The van der Waals surface area contributed by atoms with E-state index in [2.05, 4.69) is 27.0 Å². The summed E-state index contributed by atoms with van der Waals surface area (Å²) in [6.07, 6.45) is 2.87. The number of benzene rings is 1. The Hall–Kier alpha value is -1.98. The zero-order chi connectivity index (χ0) is 16.9. The van der Waals surface area contributed by atoms with Gasteiger partial charge in [0.1, 0.15) is 5.82 Å². The quantitative estimate of drug-likeness (QED) is 0.764. The number of hydrogen-bond donors (Lipinski definition) is 3. The molecule has 0 atom stereocenters. The number of halogens is 2. The highest BCUT2D eigenvalue weighted by Crippen LogP contribution is 2.25. The summed E-state index contributed by atoms with van der Waals surface area (Å²) in [6.45, 7) is 1.44.